The summed E-state index contributed by atoms with van der Waals surface area (Å²) in [7, 11) is 0. The number of nitrogens with zero attached hydrogens (tertiary/aromatic N) is 1. The Labute approximate surface area is 169 Å². The van der Waals surface area contributed by atoms with E-state index in [2.05, 4.69) is 12.1 Å². The van der Waals surface area contributed by atoms with E-state index in [-0.39, 0.29) is 5.97 Å². The molecule has 0 amide bonds. The Balaban J connectivity index is 2.03. The van der Waals surface area contributed by atoms with Crippen LogP contribution in [0.2, 0.25) is 5.02 Å². The Morgan fingerprint density at radius 3 is 2.32 bits per heavy atom. The van der Waals surface area contributed by atoms with Crippen molar-refractivity contribution in [3.63, 3.8) is 0 Å². The lowest BCUT2D eigenvalue weighted by Crippen LogP contribution is -2.14. The van der Waals surface area contributed by atoms with Crippen molar-refractivity contribution in [2.24, 2.45) is 0 Å². The van der Waals surface area contributed by atoms with Gasteiger partial charge in [0.15, 0.2) is 0 Å². The molecule has 0 aliphatic heterocycles. The van der Waals surface area contributed by atoms with Gasteiger partial charge in [0, 0.05) is 28.0 Å². The second-order valence-electron chi connectivity index (χ2n) is 6.54. The van der Waals surface area contributed by atoms with E-state index < -0.39 is 0 Å². The molecule has 0 saturated heterocycles. The summed E-state index contributed by atoms with van der Waals surface area (Å²) < 4.78 is 7.46. The topological polar surface area (TPSA) is 31.2 Å². The molecule has 0 unspecified atom stereocenters. The highest BCUT2D eigenvalue weighted by molar-refractivity contribution is 6.31. The van der Waals surface area contributed by atoms with Gasteiger partial charge in [-0.05, 0) is 36.2 Å². The molecule has 0 spiro atoms. The number of rotatable bonds is 5. The second kappa shape index (κ2) is 7.91. The summed E-state index contributed by atoms with van der Waals surface area (Å²) in [4.78, 5) is 13.0. The molecule has 0 aliphatic carbocycles. The Bertz CT molecular complexity index is 1120. The number of aromatic nitrogens is 1. The van der Waals surface area contributed by atoms with Gasteiger partial charge in [0.2, 0.25) is 0 Å². The normalized spacial score (nSPS) is 10.9. The largest absolute Gasteiger partial charge is 0.461 e. The van der Waals surface area contributed by atoms with E-state index in [4.69, 9.17) is 16.3 Å². The minimum Gasteiger partial charge on any atom is -0.461 e. The standard InChI is InChI=1S/C24H20ClNO2/c1-2-28-24(27)23-22(18-11-7-4-8-12-18)20-15-19(25)13-14-21(20)26(23)16-17-9-5-3-6-10-17/h3-15H,2,16H2,1H3. The van der Waals surface area contributed by atoms with Gasteiger partial charge in [0.25, 0.3) is 0 Å². The number of hydrogen-bond donors (Lipinski definition) is 0. The third-order valence-electron chi connectivity index (χ3n) is 4.74. The zero-order valence-corrected chi connectivity index (χ0v) is 16.3. The third-order valence-corrected chi connectivity index (χ3v) is 4.98. The van der Waals surface area contributed by atoms with Gasteiger partial charge in [0.1, 0.15) is 5.69 Å². The van der Waals surface area contributed by atoms with Crippen molar-refractivity contribution in [3.8, 4) is 11.1 Å². The van der Waals surface area contributed by atoms with Crippen molar-refractivity contribution in [1.82, 2.24) is 4.57 Å². The molecule has 0 radical (unpaired) electrons. The minimum atomic E-state index is -0.329. The Kier molecular flexibility index (Phi) is 5.18. The van der Waals surface area contributed by atoms with Crippen LogP contribution in [0.3, 0.4) is 0 Å². The molecule has 0 aliphatic rings. The highest BCUT2D eigenvalue weighted by atomic mass is 35.5. The van der Waals surface area contributed by atoms with Crippen LogP contribution >= 0.6 is 11.6 Å². The van der Waals surface area contributed by atoms with Crippen LogP contribution < -0.4 is 0 Å². The molecule has 3 nitrogen and oxygen atoms in total. The first kappa shape index (κ1) is 18.3. The number of carbonyl (C=O) groups is 1. The van der Waals surface area contributed by atoms with Crippen LogP contribution in [0, 0.1) is 0 Å². The summed E-state index contributed by atoms with van der Waals surface area (Å²) in [5, 5.41) is 1.58. The Morgan fingerprint density at radius 1 is 0.964 bits per heavy atom. The fraction of sp³-hybridized carbons (Fsp3) is 0.125. The molecular weight excluding hydrogens is 370 g/mol. The predicted molar refractivity (Wildman–Crippen MR) is 114 cm³/mol. The van der Waals surface area contributed by atoms with E-state index in [1.807, 2.05) is 78.2 Å². The van der Waals surface area contributed by atoms with Crippen LogP contribution in [-0.4, -0.2) is 17.1 Å². The molecule has 1 aromatic heterocycles. The highest BCUT2D eigenvalue weighted by Crippen LogP contribution is 2.37. The van der Waals surface area contributed by atoms with Gasteiger partial charge in [-0.1, -0.05) is 72.3 Å². The maximum Gasteiger partial charge on any atom is 0.355 e. The molecule has 1 heterocycles. The average molecular weight is 390 g/mol. The number of fused-ring (bicyclic) bond motifs is 1. The fourth-order valence-electron chi connectivity index (χ4n) is 3.57. The number of esters is 1. The quantitative estimate of drug-likeness (QED) is 0.381. The van der Waals surface area contributed by atoms with E-state index in [0.717, 1.165) is 27.6 Å². The number of benzene rings is 3. The van der Waals surface area contributed by atoms with Crippen molar-refractivity contribution in [2.75, 3.05) is 6.61 Å². The molecule has 0 N–H and O–H groups in total. The predicted octanol–water partition coefficient (Wildman–Crippen LogP) is 6.19. The number of hydrogen-bond acceptors (Lipinski definition) is 2. The van der Waals surface area contributed by atoms with Crippen molar-refractivity contribution < 1.29 is 9.53 Å². The molecule has 28 heavy (non-hydrogen) atoms. The average Bonchev–Trinajstić information content (AvgIpc) is 3.03. The van der Waals surface area contributed by atoms with E-state index in [0.29, 0.717) is 23.9 Å². The molecule has 4 aromatic rings. The molecule has 0 saturated carbocycles. The molecule has 0 bridgehead atoms. The van der Waals surface area contributed by atoms with E-state index >= 15 is 0 Å². The molecular formula is C24H20ClNO2. The number of carbonyl (C=O) groups excluding carboxylic acids is 1. The molecule has 4 rings (SSSR count). The maximum absolute atomic E-state index is 13.0. The van der Waals surface area contributed by atoms with Crippen LogP contribution in [-0.2, 0) is 11.3 Å². The molecule has 0 fully saturated rings. The summed E-state index contributed by atoms with van der Waals surface area (Å²) in [6.07, 6.45) is 0. The van der Waals surface area contributed by atoms with Gasteiger partial charge in [0.05, 0.1) is 6.61 Å². The molecule has 3 aromatic carbocycles. The van der Waals surface area contributed by atoms with Gasteiger partial charge in [-0.3, -0.25) is 0 Å². The van der Waals surface area contributed by atoms with Gasteiger partial charge in [-0.25, -0.2) is 4.79 Å². The van der Waals surface area contributed by atoms with Crippen LogP contribution in [0.5, 0.6) is 0 Å². The summed E-state index contributed by atoms with van der Waals surface area (Å²) in [5.74, 6) is -0.329. The molecule has 4 heteroatoms. The number of ether oxygens (including phenoxy) is 1. The molecule has 0 atom stereocenters. The van der Waals surface area contributed by atoms with E-state index in [9.17, 15) is 4.79 Å². The van der Waals surface area contributed by atoms with Crippen molar-refractivity contribution in [3.05, 3.63) is 95.1 Å². The number of halogens is 1. The van der Waals surface area contributed by atoms with Gasteiger partial charge >= 0.3 is 5.97 Å². The minimum absolute atomic E-state index is 0.320. The first-order valence-corrected chi connectivity index (χ1v) is 9.65. The lowest BCUT2D eigenvalue weighted by molar-refractivity contribution is 0.0516. The maximum atomic E-state index is 13.0. The Hall–Kier alpha value is -3.04. The zero-order chi connectivity index (χ0) is 19.5. The first-order valence-electron chi connectivity index (χ1n) is 9.27. The summed E-state index contributed by atoms with van der Waals surface area (Å²) >= 11 is 6.32. The molecule has 140 valence electrons. The van der Waals surface area contributed by atoms with E-state index in [1.165, 1.54) is 0 Å². The fourth-order valence-corrected chi connectivity index (χ4v) is 3.74. The summed E-state index contributed by atoms with van der Waals surface area (Å²) in [6, 6.07) is 25.7. The first-order chi connectivity index (χ1) is 13.7. The Morgan fingerprint density at radius 2 is 1.64 bits per heavy atom. The van der Waals surface area contributed by atoms with Crippen molar-refractivity contribution >= 4 is 28.5 Å². The monoisotopic (exact) mass is 389 g/mol. The van der Waals surface area contributed by atoms with Crippen LogP contribution in [0.25, 0.3) is 22.0 Å². The lowest BCUT2D eigenvalue weighted by Gasteiger charge is -2.12. The highest BCUT2D eigenvalue weighted by Gasteiger charge is 2.25. The summed E-state index contributed by atoms with van der Waals surface area (Å²) in [5.41, 5.74) is 4.43. The van der Waals surface area contributed by atoms with Gasteiger partial charge in [-0.15, -0.1) is 0 Å². The zero-order valence-electron chi connectivity index (χ0n) is 15.6. The van der Waals surface area contributed by atoms with Crippen molar-refractivity contribution in [1.29, 1.82) is 0 Å². The second-order valence-corrected chi connectivity index (χ2v) is 6.98. The van der Waals surface area contributed by atoms with E-state index in [1.54, 1.807) is 0 Å². The SMILES string of the molecule is CCOC(=O)c1c(-c2ccccc2)c2cc(Cl)ccc2n1Cc1ccccc1. The van der Waals surface area contributed by atoms with Crippen LogP contribution in [0.1, 0.15) is 23.0 Å². The van der Waals surface area contributed by atoms with Gasteiger partial charge < -0.3 is 9.30 Å². The van der Waals surface area contributed by atoms with Gasteiger partial charge in [-0.2, -0.15) is 0 Å². The van der Waals surface area contributed by atoms with Crippen LogP contribution in [0.4, 0.5) is 0 Å². The smallest absolute Gasteiger partial charge is 0.355 e. The van der Waals surface area contributed by atoms with Crippen LogP contribution in [0.15, 0.2) is 78.9 Å². The summed E-state index contributed by atoms with van der Waals surface area (Å²) in [6.45, 7) is 2.71. The lowest BCUT2D eigenvalue weighted by atomic mass is 10.0. The van der Waals surface area contributed by atoms with Crippen molar-refractivity contribution in [2.45, 2.75) is 13.5 Å². The third kappa shape index (κ3) is 3.41.